The monoisotopic (exact) mass is 687 g/mol. The van der Waals surface area contributed by atoms with Crippen molar-refractivity contribution in [1.82, 2.24) is 19.5 Å². The zero-order valence-electron chi connectivity index (χ0n) is 28.1. The third-order valence-corrected chi connectivity index (χ3v) is 9.44. The quantitative estimate of drug-likeness (QED) is 0.174. The van der Waals surface area contributed by atoms with Crippen molar-refractivity contribution in [1.29, 1.82) is 5.26 Å². The Balaban J connectivity index is 1.31. The molecule has 0 saturated carbocycles. The van der Waals surface area contributed by atoms with Gasteiger partial charge in [0.05, 0.1) is 28.4 Å². The molecule has 0 unspecified atom stereocenters. The molecule has 9 rings (SSSR count). The summed E-state index contributed by atoms with van der Waals surface area (Å²) in [7, 11) is 0. The number of benzene rings is 7. The summed E-state index contributed by atoms with van der Waals surface area (Å²) in [4.78, 5) is 14.8. The summed E-state index contributed by atoms with van der Waals surface area (Å²) in [5, 5.41) is 11.3. The molecule has 0 spiro atoms. The minimum atomic E-state index is -0.666. The van der Waals surface area contributed by atoms with Crippen molar-refractivity contribution in [3.05, 3.63) is 181 Å². The van der Waals surface area contributed by atoms with Gasteiger partial charge in [0.25, 0.3) is 0 Å². The second-order valence-corrected chi connectivity index (χ2v) is 12.7. The number of aromatic nitrogens is 4. The third kappa shape index (κ3) is 5.78. The van der Waals surface area contributed by atoms with E-state index in [4.69, 9.17) is 15.0 Å². The predicted octanol–water partition coefficient (Wildman–Crippen LogP) is 11.5. The van der Waals surface area contributed by atoms with Crippen LogP contribution < -0.4 is 0 Å². The lowest BCUT2D eigenvalue weighted by atomic mass is 9.99. The highest BCUT2D eigenvalue weighted by atomic mass is 19.1. The van der Waals surface area contributed by atoms with Crippen LogP contribution in [0.5, 0.6) is 0 Å². The third-order valence-electron chi connectivity index (χ3n) is 9.44. The zero-order valence-corrected chi connectivity index (χ0v) is 28.1. The van der Waals surface area contributed by atoms with Crippen molar-refractivity contribution in [2.75, 3.05) is 0 Å². The van der Waals surface area contributed by atoms with Gasteiger partial charge in [0.1, 0.15) is 11.6 Å². The van der Waals surface area contributed by atoms with Crippen molar-refractivity contribution >= 4 is 21.8 Å². The van der Waals surface area contributed by atoms with Gasteiger partial charge in [-0.2, -0.15) is 5.26 Å². The van der Waals surface area contributed by atoms with Crippen molar-refractivity contribution in [3.8, 4) is 68.2 Å². The molecule has 53 heavy (non-hydrogen) atoms. The molecule has 0 radical (unpaired) electrons. The topological polar surface area (TPSA) is 67.4 Å². The minimum absolute atomic E-state index is 0.263. The number of nitriles is 1. The highest BCUT2D eigenvalue weighted by Gasteiger charge is 2.21. The summed E-state index contributed by atoms with van der Waals surface area (Å²) in [5.41, 5.74) is 8.28. The van der Waals surface area contributed by atoms with Gasteiger partial charge in [-0.3, -0.25) is 0 Å². The van der Waals surface area contributed by atoms with Crippen LogP contribution in [0.1, 0.15) is 5.56 Å². The smallest absolute Gasteiger partial charge is 0.164 e. The first kappa shape index (κ1) is 31.7. The summed E-state index contributed by atoms with van der Waals surface area (Å²) in [6.45, 7) is 0. The Bertz CT molecular complexity index is 2800. The van der Waals surface area contributed by atoms with E-state index in [0.717, 1.165) is 50.1 Å². The Kier molecular flexibility index (Phi) is 7.83. The van der Waals surface area contributed by atoms with Gasteiger partial charge in [0.15, 0.2) is 17.5 Å². The molecule has 0 aliphatic carbocycles. The van der Waals surface area contributed by atoms with E-state index >= 15 is 4.39 Å². The number of nitrogens with zero attached hydrogens (tertiary/aromatic N) is 5. The predicted molar refractivity (Wildman–Crippen MR) is 206 cm³/mol. The zero-order chi connectivity index (χ0) is 35.9. The molecule has 0 amide bonds. The molecule has 0 bridgehead atoms. The van der Waals surface area contributed by atoms with E-state index in [9.17, 15) is 9.65 Å². The molecule has 0 N–H and O–H groups in total. The molecule has 0 saturated heterocycles. The molecule has 0 aliphatic rings. The van der Waals surface area contributed by atoms with Crippen LogP contribution in [0.25, 0.3) is 83.9 Å². The fraction of sp³-hybridized carbons (Fsp3) is 0. The summed E-state index contributed by atoms with van der Waals surface area (Å²) >= 11 is 0. The van der Waals surface area contributed by atoms with E-state index in [1.807, 2.05) is 127 Å². The second kappa shape index (κ2) is 13.1. The average Bonchev–Trinajstić information content (AvgIpc) is 3.55. The Morgan fingerprint density at radius 3 is 1.68 bits per heavy atom. The number of fused-ring (bicyclic) bond motifs is 3. The van der Waals surface area contributed by atoms with Crippen molar-refractivity contribution in [3.63, 3.8) is 0 Å². The molecule has 0 fully saturated rings. The van der Waals surface area contributed by atoms with Gasteiger partial charge in [0, 0.05) is 44.7 Å². The van der Waals surface area contributed by atoms with Crippen LogP contribution in [0, 0.1) is 23.0 Å². The standard InChI is InChI=1S/C46H27F2N5/c47-35-21-23-36(40(48)27-35)38-22-19-34(46-51-44(31-9-3-1-4-10-31)50-45(52-46)32-11-5-2-6-12-32)26-43(38)53-41-14-8-7-13-37(41)39-25-33(20-24-42(39)53)30-17-15-29(28-49)16-18-30/h1-27H. The number of para-hydroxylation sites is 1. The molecule has 250 valence electrons. The lowest BCUT2D eigenvalue weighted by Gasteiger charge is -2.17. The maximum absolute atomic E-state index is 15.7. The van der Waals surface area contributed by atoms with Gasteiger partial charge in [-0.1, -0.05) is 109 Å². The summed E-state index contributed by atoms with van der Waals surface area (Å²) in [6, 6.07) is 52.9. The molecular weight excluding hydrogens is 661 g/mol. The minimum Gasteiger partial charge on any atom is -0.309 e. The average molecular weight is 688 g/mol. The Morgan fingerprint density at radius 2 is 1.02 bits per heavy atom. The van der Waals surface area contributed by atoms with E-state index in [1.54, 1.807) is 0 Å². The van der Waals surface area contributed by atoms with Crippen LogP contribution >= 0.6 is 0 Å². The van der Waals surface area contributed by atoms with Crippen LogP contribution in [-0.4, -0.2) is 19.5 Å². The Hall–Kier alpha value is -7.30. The molecule has 0 atom stereocenters. The first-order valence-electron chi connectivity index (χ1n) is 17.0. The Labute approximate surface area is 303 Å². The maximum Gasteiger partial charge on any atom is 0.164 e. The van der Waals surface area contributed by atoms with Gasteiger partial charge >= 0.3 is 0 Å². The summed E-state index contributed by atoms with van der Waals surface area (Å²) < 4.78 is 32.0. The van der Waals surface area contributed by atoms with E-state index in [-0.39, 0.29) is 5.56 Å². The second-order valence-electron chi connectivity index (χ2n) is 12.7. The summed E-state index contributed by atoms with van der Waals surface area (Å²) in [6.07, 6.45) is 0. The molecule has 5 nitrogen and oxygen atoms in total. The van der Waals surface area contributed by atoms with Crippen molar-refractivity contribution < 1.29 is 8.78 Å². The van der Waals surface area contributed by atoms with Crippen LogP contribution in [0.2, 0.25) is 0 Å². The summed E-state index contributed by atoms with van der Waals surface area (Å²) in [5.74, 6) is 0.187. The molecular formula is C46H27F2N5. The van der Waals surface area contributed by atoms with Gasteiger partial charge in [0.2, 0.25) is 0 Å². The lowest BCUT2D eigenvalue weighted by Crippen LogP contribution is -2.02. The van der Waals surface area contributed by atoms with Crippen LogP contribution in [0.4, 0.5) is 8.78 Å². The number of rotatable bonds is 6. The highest BCUT2D eigenvalue weighted by molar-refractivity contribution is 6.11. The molecule has 7 aromatic carbocycles. The molecule has 2 heterocycles. The number of halogens is 2. The fourth-order valence-corrected chi connectivity index (χ4v) is 6.88. The van der Waals surface area contributed by atoms with Gasteiger partial charge in [-0.05, 0) is 59.7 Å². The largest absolute Gasteiger partial charge is 0.309 e. The first-order valence-corrected chi connectivity index (χ1v) is 17.0. The van der Waals surface area contributed by atoms with Gasteiger partial charge in [-0.25, -0.2) is 23.7 Å². The van der Waals surface area contributed by atoms with Crippen molar-refractivity contribution in [2.24, 2.45) is 0 Å². The molecule has 0 aliphatic heterocycles. The molecule has 9 aromatic rings. The van der Waals surface area contributed by atoms with Gasteiger partial charge in [-0.15, -0.1) is 0 Å². The number of hydrogen-bond donors (Lipinski definition) is 0. The van der Waals surface area contributed by atoms with Crippen LogP contribution in [-0.2, 0) is 0 Å². The first-order chi connectivity index (χ1) is 26.0. The van der Waals surface area contributed by atoms with E-state index in [0.29, 0.717) is 39.9 Å². The fourth-order valence-electron chi connectivity index (χ4n) is 6.88. The van der Waals surface area contributed by atoms with E-state index in [1.165, 1.54) is 12.1 Å². The Morgan fingerprint density at radius 1 is 0.453 bits per heavy atom. The number of hydrogen-bond acceptors (Lipinski definition) is 4. The lowest BCUT2D eigenvalue weighted by molar-refractivity contribution is 0.585. The normalized spacial score (nSPS) is 11.2. The molecule has 7 heteroatoms. The SMILES string of the molecule is N#Cc1ccc(-c2ccc3c(c2)c2ccccc2n3-c2cc(-c3nc(-c4ccccc4)nc(-c4ccccc4)n3)ccc2-c2ccc(F)cc2F)cc1. The maximum atomic E-state index is 15.7. The highest BCUT2D eigenvalue weighted by Crippen LogP contribution is 2.40. The molecule has 2 aromatic heterocycles. The van der Waals surface area contributed by atoms with E-state index < -0.39 is 11.6 Å². The van der Waals surface area contributed by atoms with Gasteiger partial charge < -0.3 is 4.57 Å². The van der Waals surface area contributed by atoms with Crippen LogP contribution in [0.15, 0.2) is 164 Å². The van der Waals surface area contributed by atoms with E-state index in [2.05, 4.69) is 28.8 Å². The van der Waals surface area contributed by atoms with Crippen molar-refractivity contribution in [2.45, 2.75) is 0 Å². The van der Waals surface area contributed by atoms with Crippen LogP contribution in [0.3, 0.4) is 0 Å².